The maximum atomic E-state index is 12.8. The summed E-state index contributed by atoms with van der Waals surface area (Å²) in [5.41, 5.74) is 0.465. The Hall–Kier alpha value is -2.97. The second kappa shape index (κ2) is 10.1. The van der Waals surface area contributed by atoms with Gasteiger partial charge in [-0.05, 0) is 12.1 Å². The summed E-state index contributed by atoms with van der Waals surface area (Å²) in [7, 11) is -0.767. The minimum Gasteiger partial charge on any atom is -0.481 e. The van der Waals surface area contributed by atoms with Gasteiger partial charge in [-0.1, -0.05) is 25.6 Å². The van der Waals surface area contributed by atoms with Crippen LogP contribution in [0.4, 0.5) is 5.95 Å². The third-order valence-electron chi connectivity index (χ3n) is 4.37. The molecule has 3 aromatic heterocycles. The van der Waals surface area contributed by atoms with Crippen LogP contribution in [0.1, 0.15) is 13.8 Å². The van der Waals surface area contributed by atoms with E-state index < -0.39 is 15.9 Å². The molecule has 32 heavy (non-hydrogen) atoms. The molecule has 0 bridgehead atoms. The van der Waals surface area contributed by atoms with Crippen LogP contribution in [0.5, 0.6) is 11.8 Å². The highest BCUT2D eigenvalue weighted by Crippen LogP contribution is 2.22. The molecule has 0 unspecified atom stereocenters. The van der Waals surface area contributed by atoms with Gasteiger partial charge in [-0.2, -0.15) is 14.3 Å². The molecule has 1 amide bonds. The molecule has 3 rings (SSSR count). The number of aromatic nitrogens is 5. The van der Waals surface area contributed by atoms with Crippen molar-refractivity contribution in [3.05, 3.63) is 24.4 Å². The van der Waals surface area contributed by atoms with E-state index in [-0.39, 0.29) is 28.4 Å². The zero-order chi connectivity index (χ0) is 23.3. The lowest BCUT2D eigenvalue weighted by molar-refractivity contribution is -0.113. The third kappa shape index (κ3) is 5.08. The van der Waals surface area contributed by atoms with E-state index in [1.807, 2.05) is 0 Å². The first-order chi connectivity index (χ1) is 15.3. The van der Waals surface area contributed by atoms with Gasteiger partial charge in [0.15, 0.2) is 10.8 Å². The third-order valence-corrected chi connectivity index (χ3v) is 7.34. The van der Waals surface area contributed by atoms with E-state index in [9.17, 15) is 13.2 Å². The molecular weight excluding hydrogens is 458 g/mol. The van der Waals surface area contributed by atoms with Gasteiger partial charge >= 0.3 is 0 Å². The van der Waals surface area contributed by atoms with Gasteiger partial charge in [0.05, 0.1) is 30.9 Å². The van der Waals surface area contributed by atoms with E-state index in [0.717, 1.165) is 11.8 Å². The molecule has 14 heteroatoms. The maximum Gasteiger partial charge on any atom is 0.244 e. The number of fused-ring (bicyclic) bond motifs is 1. The topological polar surface area (TPSA) is 141 Å². The van der Waals surface area contributed by atoms with Gasteiger partial charge in [0.25, 0.3) is 0 Å². The number of pyridine rings is 1. The minimum absolute atomic E-state index is 0.0311. The molecule has 0 fully saturated rings. The fraction of sp³-hybridized carbons (Fsp3) is 0.389. The molecule has 3 aromatic rings. The van der Waals surface area contributed by atoms with Crippen molar-refractivity contribution in [1.29, 1.82) is 0 Å². The second-order valence-corrected chi connectivity index (χ2v) is 9.16. The summed E-state index contributed by atoms with van der Waals surface area (Å²) >= 11 is 1.09. The maximum absolute atomic E-state index is 12.8. The summed E-state index contributed by atoms with van der Waals surface area (Å²) in [6.45, 7) is 4.27. The number of thioether (sulfide) groups is 1. The van der Waals surface area contributed by atoms with Gasteiger partial charge in [0, 0.05) is 19.3 Å². The summed E-state index contributed by atoms with van der Waals surface area (Å²) in [6.07, 6.45) is 1.46. The molecule has 0 saturated heterocycles. The van der Waals surface area contributed by atoms with Gasteiger partial charge in [-0.25, -0.2) is 8.42 Å². The van der Waals surface area contributed by atoms with Crippen LogP contribution in [-0.2, 0) is 14.8 Å². The normalized spacial score (nSPS) is 11.7. The van der Waals surface area contributed by atoms with Crippen LogP contribution >= 0.6 is 11.8 Å². The number of sulfonamides is 1. The lowest BCUT2D eigenvalue weighted by atomic mass is 10.5. The first kappa shape index (κ1) is 23.7. The average molecular weight is 482 g/mol. The van der Waals surface area contributed by atoms with Gasteiger partial charge in [-0.3, -0.25) is 14.5 Å². The predicted octanol–water partition coefficient (Wildman–Crippen LogP) is 1.30. The molecule has 0 radical (unpaired) electrons. The zero-order valence-electron chi connectivity index (χ0n) is 18.0. The van der Waals surface area contributed by atoms with Gasteiger partial charge in [0.1, 0.15) is 0 Å². The van der Waals surface area contributed by atoms with Crippen molar-refractivity contribution < 1.29 is 22.7 Å². The van der Waals surface area contributed by atoms with E-state index in [4.69, 9.17) is 9.47 Å². The Labute approximate surface area is 189 Å². The Morgan fingerprint density at radius 2 is 1.78 bits per heavy atom. The molecule has 0 aliphatic rings. The largest absolute Gasteiger partial charge is 0.481 e. The number of ether oxygens (including phenoxy) is 2. The molecule has 0 aliphatic heterocycles. The van der Waals surface area contributed by atoms with Gasteiger partial charge in [0.2, 0.25) is 33.6 Å². The Morgan fingerprint density at radius 3 is 2.38 bits per heavy atom. The SMILES string of the molecule is CCN(CC)S(=O)(=O)c1ccc2nnc(SCC(=O)Nc3nc(OC)cc(OC)n3)n2c1. The average Bonchev–Trinajstić information content (AvgIpc) is 3.20. The van der Waals surface area contributed by atoms with Crippen LogP contribution in [0.2, 0.25) is 0 Å². The summed E-state index contributed by atoms with van der Waals surface area (Å²) in [5.74, 6) is 0.0892. The fourth-order valence-electron chi connectivity index (χ4n) is 2.77. The molecule has 0 aliphatic carbocycles. The summed E-state index contributed by atoms with van der Waals surface area (Å²) < 4.78 is 38.6. The number of rotatable bonds is 10. The minimum atomic E-state index is -3.64. The number of amides is 1. The lowest BCUT2D eigenvalue weighted by Crippen LogP contribution is -2.30. The standard InChI is InChI=1S/C18H23N7O5S2/c1-5-24(6-2)32(27,28)12-7-8-13-22-23-18(25(13)10-12)31-11-14(26)19-17-20-15(29-3)9-16(21-17)30-4/h7-10H,5-6,11H2,1-4H3,(H,19,20,21,26). The van der Waals surface area contributed by atoms with Crippen molar-refractivity contribution in [3.8, 4) is 11.8 Å². The second-order valence-electron chi connectivity index (χ2n) is 6.28. The molecule has 12 nitrogen and oxygen atoms in total. The van der Waals surface area contributed by atoms with Crippen LogP contribution in [-0.4, -0.2) is 76.3 Å². The number of nitrogens with one attached hydrogen (secondary N) is 1. The molecule has 0 saturated carbocycles. The van der Waals surface area contributed by atoms with Crippen molar-refractivity contribution >= 4 is 39.3 Å². The molecule has 0 spiro atoms. The van der Waals surface area contributed by atoms with Crippen LogP contribution in [0.3, 0.4) is 0 Å². The van der Waals surface area contributed by atoms with Crippen molar-refractivity contribution in [3.63, 3.8) is 0 Å². The van der Waals surface area contributed by atoms with Gasteiger partial charge < -0.3 is 9.47 Å². The number of carbonyl (C=O) groups excluding carboxylic acids is 1. The van der Waals surface area contributed by atoms with Crippen molar-refractivity contribution in [2.45, 2.75) is 23.9 Å². The van der Waals surface area contributed by atoms with Crippen molar-refractivity contribution in [1.82, 2.24) is 28.9 Å². The zero-order valence-corrected chi connectivity index (χ0v) is 19.6. The molecule has 3 heterocycles. The number of anilines is 1. The van der Waals surface area contributed by atoms with E-state index in [0.29, 0.717) is 23.9 Å². The van der Waals surface area contributed by atoms with E-state index in [2.05, 4.69) is 25.5 Å². The van der Waals surface area contributed by atoms with Crippen molar-refractivity contribution in [2.24, 2.45) is 0 Å². The Morgan fingerprint density at radius 1 is 1.12 bits per heavy atom. The smallest absolute Gasteiger partial charge is 0.244 e. The van der Waals surface area contributed by atoms with Crippen LogP contribution in [0.15, 0.2) is 34.4 Å². The number of nitrogens with zero attached hydrogens (tertiary/aromatic N) is 6. The van der Waals surface area contributed by atoms with Crippen LogP contribution in [0.25, 0.3) is 5.65 Å². The summed E-state index contributed by atoms with van der Waals surface area (Å²) in [6, 6.07) is 4.55. The molecule has 1 N–H and O–H groups in total. The Kier molecular flexibility index (Phi) is 7.48. The molecule has 0 atom stereocenters. The lowest BCUT2D eigenvalue weighted by Gasteiger charge is -2.18. The highest BCUT2D eigenvalue weighted by molar-refractivity contribution is 7.99. The number of methoxy groups -OCH3 is 2. The fourth-order valence-corrected chi connectivity index (χ4v) is 4.95. The monoisotopic (exact) mass is 481 g/mol. The van der Waals surface area contributed by atoms with Crippen LogP contribution < -0.4 is 14.8 Å². The molecular formula is C18H23N7O5S2. The van der Waals surface area contributed by atoms with Gasteiger partial charge in [-0.15, -0.1) is 10.2 Å². The highest BCUT2D eigenvalue weighted by atomic mass is 32.2. The highest BCUT2D eigenvalue weighted by Gasteiger charge is 2.23. The first-order valence-corrected chi connectivity index (χ1v) is 12.0. The van der Waals surface area contributed by atoms with E-state index in [1.54, 1.807) is 24.3 Å². The molecule has 0 aromatic carbocycles. The molecule has 172 valence electrons. The number of hydrogen-bond acceptors (Lipinski definition) is 10. The number of hydrogen-bond donors (Lipinski definition) is 1. The number of carbonyl (C=O) groups is 1. The summed E-state index contributed by atoms with van der Waals surface area (Å²) in [5, 5.41) is 11.0. The van der Waals surface area contributed by atoms with E-state index in [1.165, 1.54) is 36.9 Å². The van der Waals surface area contributed by atoms with Crippen molar-refractivity contribution in [2.75, 3.05) is 38.4 Å². The first-order valence-electron chi connectivity index (χ1n) is 9.57. The quantitative estimate of drug-likeness (QED) is 0.421. The summed E-state index contributed by atoms with van der Waals surface area (Å²) in [4.78, 5) is 20.6. The Balaban J connectivity index is 1.76. The predicted molar refractivity (Wildman–Crippen MR) is 118 cm³/mol. The van der Waals surface area contributed by atoms with E-state index >= 15 is 0 Å². The van der Waals surface area contributed by atoms with Crippen LogP contribution in [0, 0.1) is 0 Å². The Bertz CT molecular complexity index is 1190.